The Bertz CT molecular complexity index is 1790. The molecule has 2 aliphatic rings. The molecule has 1 amide bonds. The van der Waals surface area contributed by atoms with E-state index in [1.54, 1.807) is 43.6 Å². The van der Waals surface area contributed by atoms with Crippen LogP contribution in [0.25, 0.3) is 11.0 Å². The Morgan fingerprint density at radius 2 is 1.67 bits per heavy atom. The lowest BCUT2D eigenvalue weighted by atomic mass is 9.97. The molecule has 51 heavy (non-hydrogen) atoms. The number of hydrogen-bond donors (Lipinski definition) is 3. The molecule has 4 heterocycles. The first kappa shape index (κ1) is 37.2. The highest BCUT2D eigenvalue weighted by Crippen LogP contribution is 2.36. The SMILES string of the molecule is COc1ccc(Cn2nc(N[C@@H]3CCCNC3)c3c(Oc4ccc(C(=O)N5CCCC(C(F)(F)F)C5)cc4)ccnc32)cc1.O=C(O)C(F)(F)F. The number of halogens is 6. The van der Waals surface area contributed by atoms with Crippen molar-refractivity contribution in [3.05, 3.63) is 71.9 Å². The number of carbonyl (C=O) groups excluding carboxylic acids is 1. The summed E-state index contributed by atoms with van der Waals surface area (Å²) in [5.74, 6) is -2.19. The van der Waals surface area contributed by atoms with Gasteiger partial charge in [-0.1, -0.05) is 12.1 Å². The molecule has 274 valence electrons. The third-order valence-corrected chi connectivity index (χ3v) is 8.47. The highest BCUT2D eigenvalue weighted by atomic mass is 19.4. The summed E-state index contributed by atoms with van der Waals surface area (Å²) in [5, 5.41) is 19.8. The van der Waals surface area contributed by atoms with Crippen LogP contribution in [0, 0.1) is 5.92 Å². The van der Waals surface area contributed by atoms with E-state index >= 15 is 0 Å². The lowest BCUT2D eigenvalue weighted by Crippen LogP contribution is -2.44. The predicted octanol–water partition coefficient (Wildman–Crippen LogP) is 6.49. The minimum Gasteiger partial charge on any atom is -0.497 e. The van der Waals surface area contributed by atoms with E-state index in [-0.39, 0.29) is 19.0 Å². The molecule has 0 radical (unpaired) electrons. The van der Waals surface area contributed by atoms with Gasteiger partial charge >= 0.3 is 18.3 Å². The first-order chi connectivity index (χ1) is 24.2. The number of nitrogens with one attached hydrogen (secondary N) is 2. The van der Waals surface area contributed by atoms with Gasteiger partial charge in [-0.15, -0.1) is 0 Å². The molecule has 0 saturated carbocycles. The number of aromatic nitrogens is 3. The fraction of sp³-hybridized carbons (Fsp3) is 0.412. The van der Waals surface area contributed by atoms with Gasteiger partial charge in [-0.3, -0.25) is 4.79 Å². The maximum Gasteiger partial charge on any atom is 0.490 e. The molecule has 2 aromatic heterocycles. The van der Waals surface area contributed by atoms with Gasteiger partial charge in [0, 0.05) is 43.5 Å². The van der Waals surface area contributed by atoms with E-state index in [0.717, 1.165) is 42.6 Å². The summed E-state index contributed by atoms with van der Waals surface area (Å²) >= 11 is 0. The summed E-state index contributed by atoms with van der Waals surface area (Å²) in [6, 6.07) is 16.3. The van der Waals surface area contributed by atoms with Gasteiger partial charge in [-0.2, -0.15) is 31.4 Å². The highest BCUT2D eigenvalue weighted by molar-refractivity contribution is 5.95. The quantitative estimate of drug-likeness (QED) is 0.175. The Hall–Kier alpha value is -5.06. The number of ether oxygens (including phenoxy) is 2. The van der Waals surface area contributed by atoms with Crippen molar-refractivity contribution in [2.45, 2.75) is 50.6 Å². The normalized spacial score (nSPS) is 18.1. The minimum atomic E-state index is -5.08. The van der Waals surface area contributed by atoms with Crippen LogP contribution in [0.5, 0.6) is 17.2 Å². The van der Waals surface area contributed by atoms with E-state index in [2.05, 4.69) is 15.6 Å². The van der Waals surface area contributed by atoms with Crippen molar-refractivity contribution in [1.82, 2.24) is 25.0 Å². The third kappa shape index (κ3) is 9.59. The van der Waals surface area contributed by atoms with Crippen LogP contribution in [0.4, 0.5) is 32.2 Å². The van der Waals surface area contributed by atoms with Crippen molar-refractivity contribution in [3.8, 4) is 17.2 Å². The van der Waals surface area contributed by atoms with Crippen molar-refractivity contribution >= 4 is 28.7 Å². The van der Waals surface area contributed by atoms with E-state index in [1.165, 1.54) is 4.90 Å². The molecule has 17 heteroatoms. The Labute approximate surface area is 288 Å². The third-order valence-electron chi connectivity index (χ3n) is 8.47. The molecule has 0 spiro atoms. The summed E-state index contributed by atoms with van der Waals surface area (Å²) < 4.78 is 85.0. The molecule has 2 saturated heterocycles. The summed E-state index contributed by atoms with van der Waals surface area (Å²) in [6.07, 6.45) is -5.28. The van der Waals surface area contributed by atoms with Gasteiger partial charge < -0.3 is 30.1 Å². The van der Waals surface area contributed by atoms with Crippen molar-refractivity contribution in [3.63, 3.8) is 0 Å². The second-order valence-electron chi connectivity index (χ2n) is 12.1. The molecule has 2 fully saturated rings. The van der Waals surface area contributed by atoms with Crippen molar-refractivity contribution in [2.75, 3.05) is 38.6 Å². The number of carboxylic acid groups (broad SMARTS) is 1. The maximum atomic E-state index is 13.3. The van der Waals surface area contributed by atoms with Gasteiger partial charge in [-0.25, -0.2) is 14.5 Å². The van der Waals surface area contributed by atoms with Gasteiger partial charge in [0.2, 0.25) is 0 Å². The largest absolute Gasteiger partial charge is 0.497 e. The molecule has 2 aliphatic heterocycles. The molecular formula is C34H36F6N6O5. The van der Waals surface area contributed by atoms with E-state index in [9.17, 15) is 31.1 Å². The number of hydrogen-bond acceptors (Lipinski definition) is 8. The molecule has 6 rings (SSSR count). The Kier molecular flexibility index (Phi) is 11.6. The summed E-state index contributed by atoms with van der Waals surface area (Å²) in [6.45, 7) is 2.29. The van der Waals surface area contributed by atoms with Crippen molar-refractivity contribution in [2.24, 2.45) is 5.92 Å². The zero-order valence-corrected chi connectivity index (χ0v) is 27.4. The molecule has 4 aromatic rings. The van der Waals surface area contributed by atoms with Crippen LogP contribution >= 0.6 is 0 Å². The number of carbonyl (C=O) groups is 2. The lowest BCUT2D eigenvalue weighted by molar-refractivity contribution is -0.192. The van der Waals surface area contributed by atoms with Gasteiger partial charge in [0.1, 0.15) is 22.6 Å². The van der Waals surface area contributed by atoms with Crippen molar-refractivity contribution < 1.29 is 50.5 Å². The number of methoxy groups -OCH3 is 1. The molecular weight excluding hydrogens is 686 g/mol. The average Bonchev–Trinajstić information content (AvgIpc) is 3.45. The van der Waals surface area contributed by atoms with E-state index in [1.807, 2.05) is 28.9 Å². The molecule has 0 bridgehead atoms. The maximum absolute atomic E-state index is 13.3. The summed E-state index contributed by atoms with van der Waals surface area (Å²) in [5.41, 5.74) is 2.00. The van der Waals surface area contributed by atoms with Crippen molar-refractivity contribution in [1.29, 1.82) is 0 Å². The number of anilines is 1. The number of carboxylic acids is 1. The average molecular weight is 723 g/mol. The molecule has 1 unspecified atom stereocenters. The number of pyridine rings is 1. The number of fused-ring (bicyclic) bond motifs is 1. The molecule has 3 N–H and O–H groups in total. The molecule has 11 nitrogen and oxygen atoms in total. The van der Waals surface area contributed by atoms with Crippen LogP contribution in [0.3, 0.4) is 0 Å². The fourth-order valence-electron chi connectivity index (χ4n) is 5.84. The van der Waals surface area contributed by atoms with Crippen LogP contribution in [0.1, 0.15) is 41.6 Å². The molecule has 2 aromatic carbocycles. The highest BCUT2D eigenvalue weighted by Gasteiger charge is 2.43. The van der Waals surface area contributed by atoms with Crippen LogP contribution in [-0.2, 0) is 11.3 Å². The minimum absolute atomic E-state index is 0.0469. The van der Waals surface area contributed by atoms with E-state index in [4.69, 9.17) is 24.5 Å². The Balaban J connectivity index is 0.000000654. The second-order valence-corrected chi connectivity index (χ2v) is 12.1. The number of aliphatic carboxylic acids is 1. The first-order valence-corrected chi connectivity index (χ1v) is 16.1. The summed E-state index contributed by atoms with van der Waals surface area (Å²) in [7, 11) is 1.63. The molecule has 0 aliphatic carbocycles. The number of amides is 1. The second kappa shape index (κ2) is 15.9. The van der Waals surface area contributed by atoms with E-state index < -0.39 is 30.1 Å². The number of likely N-dealkylation sites (tertiary alicyclic amines) is 1. The standard InChI is InChI=1S/C32H35F3N6O3.C2HF3O2/c1-43-25-10-6-21(7-11-25)19-41-30-28(29(39-41)38-24-5-2-15-36-18-24)27(14-16-37-30)44-26-12-8-22(9-13-26)31(42)40-17-3-4-23(20-40)32(33,34)35;3-2(4,5)1(6)7/h6-14,16,23-24,36H,2-5,15,17-20H2,1H3,(H,38,39);(H,6,7)/t23?,24-;/m1./s1. The zero-order chi connectivity index (χ0) is 36.8. The van der Waals surface area contributed by atoms with Crippen LogP contribution in [-0.4, -0.2) is 88.3 Å². The number of rotatable bonds is 8. The topological polar surface area (TPSA) is 131 Å². The fourth-order valence-corrected chi connectivity index (χ4v) is 5.84. The van der Waals surface area contributed by atoms with Crippen LogP contribution in [0.15, 0.2) is 60.8 Å². The predicted molar refractivity (Wildman–Crippen MR) is 174 cm³/mol. The van der Waals surface area contributed by atoms with Crippen LogP contribution < -0.4 is 20.1 Å². The number of nitrogens with zero attached hydrogens (tertiary/aromatic N) is 4. The van der Waals surface area contributed by atoms with Gasteiger partial charge in [0.25, 0.3) is 5.91 Å². The lowest BCUT2D eigenvalue weighted by Gasteiger charge is -2.33. The Morgan fingerprint density at radius 1 is 0.980 bits per heavy atom. The van der Waals surface area contributed by atoms with E-state index in [0.29, 0.717) is 48.0 Å². The zero-order valence-electron chi connectivity index (χ0n) is 27.4. The van der Waals surface area contributed by atoms with Gasteiger partial charge in [0.05, 0.1) is 19.6 Å². The number of benzene rings is 2. The summed E-state index contributed by atoms with van der Waals surface area (Å²) in [4.78, 5) is 27.9. The number of piperidine rings is 2. The Morgan fingerprint density at radius 3 is 2.27 bits per heavy atom. The van der Waals surface area contributed by atoms with Gasteiger partial charge in [0.15, 0.2) is 11.5 Å². The smallest absolute Gasteiger partial charge is 0.490 e. The first-order valence-electron chi connectivity index (χ1n) is 16.1. The van der Waals surface area contributed by atoms with Crippen LogP contribution in [0.2, 0.25) is 0 Å². The molecule has 2 atom stereocenters. The number of alkyl halides is 6. The van der Waals surface area contributed by atoms with Gasteiger partial charge in [-0.05, 0) is 74.2 Å². The monoisotopic (exact) mass is 722 g/mol.